The minimum atomic E-state index is 0.592. The Kier molecular flexibility index (Phi) is 5.12. The maximum atomic E-state index is 6.31. The van der Waals surface area contributed by atoms with Gasteiger partial charge in [0.15, 0.2) is 5.82 Å². The molecule has 5 heteroatoms. The highest BCUT2D eigenvalue weighted by Gasteiger charge is 2.20. The van der Waals surface area contributed by atoms with E-state index in [1.807, 2.05) is 47.7 Å². The van der Waals surface area contributed by atoms with Gasteiger partial charge in [-0.1, -0.05) is 97.1 Å². The summed E-state index contributed by atoms with van der Waals surface area (Å²) in [5.74, 6) is 0.634. The Labute approximate surface area is 261 Å². The van der Waals surface area contributed by atoms with Crippen LogP contribution < -0.4 is 0 Å². The summed E-state index contributed by atoms with van der Waals surface area (Å²) in [7, 11) is 0. The predicted molar refractivity (Wildman–Crippen MR) is 187 cm³/mol. The molecular weight excluding hydrogens is 571 g/mol. The molecule has 10 aromatic rings. The van der Waals surface area contributed by atoms with E-state index >= 15 is 0 Å². The Morgan fingerprint density at radius 1 is 0.511 bits per heavy atom. The van der Waals surface area contributed by atoms with Gasteiger partial charge in [0.2, 0.25) is 5.71 Å². The summed E-state index contributed by atoms with van der Waals surface area (Å²) in [6.45, 7) is 0. The molecule has 0 N–H and O–H groups in total. The van der Waals surface area contributed by atoms with Gasteiger partial charge in [-0.2, -0.15) is 4.98 Å². The average Bonchev–Trinajstić information content (AvgIpc) is 3.77. The highest BCUT2D eigenvalue weighted by Crippen LogP contribution is 2.43. The molecule has 6 aromatic carbocycles. The van der Waals surface area contributed by atoms with E-state index in [0.717, 1.165) is 38.9 Å². The molecule has 0 amide bonds. The fraction of sp³-hybridized carbons (Fsp3) is 0. The molecule has 0 aliphatic carbocycles. The monoisotopic (exact) mass is 593 g/mol. The average molecular weight is 594 g/mol. The van der Waals surface area contributed by atoms with Gasteiger partial charge in [-0.05, 0) is 42.5 Å². The zero-order chi connectivity index (χ0) is 29.5. The standard InChI is InChI=1S/C40H23N3OS/c1-2-11-24(12-3-1)38-37-28-16-5-8-19-32(28)44-40(37)42-39(41-38)25-13-10-14-26(23-25)43-30-18-7-4-15-27(30)35-31(43)21-22-34-36(35)29-17-6-9-20-33(29)45-34/h1-23H. The van der Waals surface area contributed by atoms with Gasteiger partial charge in [-0.25, -0.2) is 4.98 Å². The lowest BCUT2D eigenvalue weighted by atomic mass is 10.1. The van der Waals surface area contributed by atoms with E-state index in [1.165, 1.54) is 42.0 Å². The molecule has 0 fully saturated rings. The maximum Gasteiger partial charge on any atom is 0.231 e. The summed E-state index contributed by atoms with van der Waals surface area (Å²) >= 11 is 1.86. The number of nitrogens with zero attached hydrogens (tertiary/aromatic N) is 3. The number of aromatic nitrogens is 3. The Morgan fingerprint density at radius 3 is 2.18 bits per heavy atom. The Bertz CT molecular complexity index is 2770. The van der Waals surface area contributed by atoms with Crippen LogP contribution in [0.25, 0.3) is 92.4 Å². The first-order chi connectivity index (χ1) is 22.3. The van der Waals surface area contributed by atoms with Crippen molar-refractivity contribution < 1.29 is 4.42 Å². The predicted octanol–water partition coefficient (Wildman–Crippen LogP) is 11.2. The third-order valence-electron chi connectivity index (χ3n) is 8.83. The first kappa shape index (κ1) is 24.6. The molecule has 0 saturated heterocycles. The Hall–Kier alpha value is -5.78. The molecule has 210 valence electrons. The first-order valence-corrected chi connectivity index (χ1v) is 15.8. The van der Waals surface area contributed by atoms with E-state index in [0.29, 0.717) is 11.5 Å². The van der Waals surface area contributed by atoms with Crippen LogP contribution in [0.15, 0.2) is 144 Å². The van der Waals surface area contributed by atoms with Crippen LogP contribution in [-0.4, -0.2) is 14.5 Å². The molecule has 0 saturated carbocycles. The number of hydrogen-bond donors (Lipinski definition) is 0. The van der Waals surface area contributed by atoms with Gasteiger partial charge < -0.3 is 8.98 Å². The topological polar surface area (TPSA) is 43.9 Å². The van der Waals surface area contributed by atoms with E-state index < -0.39 is 0 Å². The van der Waals surface area contributed by atoms with E-state index in [4.69, 9.17) is 14.4 Å². The second kappa shape index (κ2) is 9.36. The van der Waals surface area contributed by atoms with Crippen molar-refractivity contribution in [3.8, 4) is 28.3 Å². The molecule has 45 heavy (non-hydrogen) atoms. The smallest absolute Gasteiger partial charge is 0.231 e. The van der Waals surface area contributed by atoms with Crippen molar-refractivity contribution in [2.24, 2.45) is 0 Å². The molecule has 10 rings (SSSR count). The highest BCUT2D eigenvalue weighted by molar-refractivity contribution is 7.26. The number of benzene rings is 6. The van der Waals surface area contributed by atoms with Crippen molar-refractivity contribution in [1.82, 2.24) is 14.5 Å². The number of rotatable bonds is 3. The third-order valence-corrected chi connectivity index (χ3v) is 9.96. The number of thiophene rings is 1. The molecule has 4 aromatic heterocycles. The summed E-state index contributed by atoms with van der Waals surface area (Å²) in [6.07, 6.45) is 0. The van der Waals surface area contributed by atoms with Crippen LogP contribution >= 0.6 is 11.3 Å². The zero-order valence-corrected chi connectivity index (χ0v) is 24.8. The van der Waals surface area contributed by atoms with Crippen molar-refractivity contribution in [3.05, 3.63) is 140 Å². The Morgan fingerprint density at radius 2 is 1.27 bits per heavy atom. The molecule has 0 radical (unpaired) electrons. The number of hydrogen-bond acceptors (Lipinski definition) is 4. The lowest BCUT2D eigenvalue weighted by molar-refractivity contribution is 0.653. The van der Waals surface area contributed by atoms with Crippen LogP contribution in [0.1, 0.15) is 0 Å². The fourth-order valence-corrected chi connectivity index (χ4v) is 8.01. The molecule has 0 bridgehead atoms. The maximum absolute atomic E-state index is 6.31. The quantitative estimate of drug-likeness (QED) is 0.205. The van der Waals surface area contributed by atoms with Crippen molar-refractivity contribution in [3.63, 3.8) is 0 Å². The minimum Gasteiger partial charge on any atom is -0.438 e. The lowest BCUT2D eigenvalue weighted by Gasteiger charge is -2.11. The third kappa shape index (κ3) is 3.59. The van der Waals surface area contributed by atoms with Crippen molar-refractivity contribution in [2.75, 3.05) is 0 Å². The van der Waals surface area contributed by atoms with Crippen LogP contribution in [0.4, 0.5) is 0 Å². The summed E-state index contributed by atoms with van der Waals surface area (Å²) < 4.78 is 11.3. The van der Waals surface area contributed by atoms with Crippen molar-refractivity contribution in [1.29, 1.82) is 0 Å². The van der Waals surface area contributed by atoms with Crippen LogP contribution in [0, 0.1) is 0 Å². The van der Waals surface area contributed by atoms with E-state index in [2.05, 4.69) is 108 Å². The molecule has 0 aliphatic heterocycles. The fourth-order valence-electron chi connectivity index (χ4n) is 6.89. The summed E-state index contributed by atoms with van der Waals surface area (Å²) in [6, 6.07) is 48.9. The van der Waals surface area contributed by atoms with Gasteiger partial charge in [0.1, 0.15) is 5.58 Å². The minimum absolute atomic E-state index is 0.592. The van der Waals surface area contributed by atoms with E-state index in [1.54, 1.807) is 0 Å². The molecular formula is C40H23N3OS. The normalized spacial score (nSPS) is 12.0. The van der Waals surface area contributed by atoms with Gasteiger partial charge >= 0.3 is 0 Å². The van der Waals surface area contributed by atoms with Gasteiger partial charge in [-0.3, -0.25) is 0 Å². The lowest BCUT2D eigenvalue weighted by Crippen LogP contribution is -1.97. The second-order valence-electron chi connectivity index (χ2n) is 11.4. The Balaban J connectivity index is 1.24. The molecule has 0 aliphatic rings. The molecule has 0 atom stereocenters. The van der Waals surface area contributed by atoms with Crippen LogP contribution in [0.2, 0.25) is 0 Å². The van der Waals surface area contributed by atoms with Gasteiger partial charge in [0.05, 0.1) is 22.1 Å². The van der Waals surface area contributed by atoms with Crippen LogP contribution in [0.5, 0.6) is 0 Å². The van der Waals surface area contributed by atoms with Crippen molar-refractivity contribution in [2.45, 2.75) is 0 Å². The second-order valence-corrected chi connectivity index (χ2v) is 12.5. The number of furan rings is 1. The largest absolute Gasteiger partial charge is 0.438 e. The highest BCUT2D eigenvalue weighted by atomic mass is 32.1. The summed E-state index contributed by atoms with van der Waals surface area (Å²) in [5.41, 5.74) is 7.65. The first-order valence-electron chi connectivity index (χ1n) is 15.0. The van der Waals surface area contributed by atoms with Gasteiger partial charge in [-0.15, -0.1) is 11.3 Å². The van der Waals surface area contributed by atoms with Crippen molar-refractivity contribution >= 4 is 75.4 Å². The molecule has 4 heterocycles. The molecule has 4 nitrogen and oxygen atoms in total. The number of fused-ring (bicyclic) bond motifs is 10. The summed E-state index contributed by atoms with van der Waals surface area (Å²) in [4.78, 5) is 10.2. The van der Waals surface area contributed by atoms with Gasteiger partial charge in [0.25, 0.3) is 0 Å². The zero-order valence-electron chi connectivity index (χ0n) is 23.9. The summed E-state index contributed by atoms with van der Waals surface area (Å²) in [5, 5.41) is 7.12. The molecule has 0 spiro atoms. The SMILES string of the molecule is c1ccc(-c2nc(-c3cccc(-n4c5ccccc5c5c6c(ccc54)sc4ccccc46)c3)nc3oc4ccccc4c23)cc1. The van der Waals surface area contributed by atoms with Crippen LogP contribution in [-0.2, 0) is 0 Å². The number of para-hydroxylation sites is 2. The molecule has 0 unspecified atom stereocenters. The van der Waals surface area contributed by atoms with E-state index in [-0.39, 0.29) is 0 Å². The van der Waals surface area contributed by atoms with E-state index in [9.17, 15) is 0 Å². The van der Waals surface area contributed by atoms with Gasteiger partial charge in [0, 0.05) is 53.1 Å². The van der Waals surface area contributed by atoms with Crippen LogP contribution in [0.3, 0.4) is 0 Å².